The number of nitrogens with zero attached hydrogens (tertiary/aromatic N) is 4. The van der Waals surface area contributed by atoms with Crippen LogP contribution in [0.1, 0.15) is 32.7 Å². The van der Waals surface area contributed by atoms with Gasteiger partial charge in [-0.1, -0.05) is 6.92 Å². The molecule has 1 atom stereocenters. The minimum absolute atomic E-state index is 0.119. The summed E-state index contributed by atoms with van der Waals surface area (Å²) in [5.74, 6) is 0.560. The highest BCUT2D eigenvalue weighted by molar-refractivity contribution is 5.91. The predicted octanol–water partition coefficient (Wildman–Crippen LogP) is 3.84. The number of carbonyl (C=O) groups is 1. The molecule has 0 fully saturated rings. The maximum atomic E-state index is 13.4. The highest BCUT2D eigenvalue weighted by Gasteiger charge is 2.28. The van der Waals surface area contributed by atoms with E-state index in [-0.39, 0.29) is 11.9 Å². The molecular formula is C20H20FN5O2. The minimum atomic E-state index is -0.410. The molecule has 0 saturated carbocycles. The summed E-state index contributed by atoms with van der Waals surface area (Å²) >= 11 is 0. The summed E-state index contributed by atoms with van der Waals surface area (Å²) in [4.78, 5) is 20.1. The molecule has 4 heterocycles. The molecule has 1 amide bonds. The Morgan fingerprint density at radius 3 is 2.96 bits per heavy atom. The second-order valence-corrected chi connectivity index (χ2v) is 6.65. The first-order valence-electron chi connectivity index (χ1n) is 9.20. The molecule has 144 valence electrons. The highest BCUT2D eigenvalue weighted by Crippen LogP contribution is 2.42. The first-order chi connectivity index (χ1) is 13.6. The molecule has 0 saturated heterocycles. The number of aromatic nitrogens is 4. The number of carbonyl (C=O) groups excluding carboxylic acids is 1. The molecule has 7 nitrogen and oxygen atoms in total. The fourth-order valence-corrected chi connectivity index (χ4v) is 3.15. The Labute approximate surface area is 161 Å². The van der Waals surface area contributed by atoms with E-state index in [9.17, 15) is 9.18 Å². The van der Waals surface area contributed by atoms with Gasteiger partial charge in [0.25, 0.3) is 0 Å². The number of halogens is 1. The Bertz CT molecular complexity index is 1020. The van der Waals surface area contributed by atoms with Gasteiger partial charge in [-0.25, -0.2) is 14.1 Å². The highest BCUT2D eigenvalue weighted by atomic mass is 19.1. The number of rotatable bonds is 4. The smallest absolute Gasteiger partial charge is 0.225 e. The van der Waals surface area contributed by atoms with E-state index < -0.39 is 5.82 Å². The second kappa shape index (κ2) is 7.38. The maximum Gasteiger partial charge on any atom is 0.225 e. The van der Waals surface area contributed by atoms with E-state index in [1.54, 1.807) is 25.3 Å². The summed E-state index contributed by atoms with van der Waals surface area (Å²) in [5.41, 5.74) is 2.69. The van der Waals surface area contributed by atoms with Gasteiger partial charge in [-0.15, -0.1) is 0 Å². The number of hydrogen-bond donors (Lipinski definition) is 1. The van der Waals surface area contributed by atoms with Crippen molar-refractivity contribution < 1.29 is 13.9 Å². The number of fused-ring (bicyclic) bond motifs is 1. The summed E-state index contributed by atoms with van der Waals surface area (Å²) in [6, 6.07) is 6.72. The number of hydrogen-bond acceptors (Lipinski definition) is 5. The Hall–Kier alpha value is -3.29. The Kier molecular flexibility index (Phi) is 4.77. The minimum Gasteiger partial charge on any atom is -0.477 e. The van der Waals surface area contributed by atoms with Crippen LogP contribution in [0.3, 0.4) is 0 Å². The van der Waals surface area contributed by atoms with Gasteiger partial charge in [-0.2, -0.15) is 5.10 Å². The first kappa shape index (κ1) is 18.1. The number of amides is 1. The lowest BCUT2D eigenvalue weighted by Crippen LogP contribution is -2.19. The van der Waals surface area contributed by atoms with Crippen molar-refractivity contribution in [2.75, 3.05) is 11.9 Å². The summed E-state index contributed by atoms with van der Waals surface area (Å²) in [6.45, 7) is 4.44. The van der Waals surface area contributed by atoms with Crippen LogP contribution in [0.5, 0.6) is 5.88 Å². The van der Waals surface area contributed by atoms with E-state index in [0.717, 1.165) is 17.5 Å². The van der Waals surface area contributed by atoms with Gasteiger partial charge in [-0.3, -0.25) is 9.78 Å². The van der Waals surface area contributed by atoms with Gasteiger partial charge in [0.2, 0.25) is 11.8 Å². The van der Waals surface area contributed by atoms with Gasteiger partial charge < -0.3 is 10.1 Å². The quantitative estimate of drug-likeness (QED) is 0.743. The van der Waals surface area contributed by atoms with Crippen LogP contribution in [0.25, 0.3) is 22.5 Å². The van der Waals surface area contributed by atoms with Crippen molar-refractivity contribution in [1.29, 1.82) is 0 Å². The summed E-state index contributed by atoms with van der Waals surface area (Å²) in [6.07, 6.45) is 4.00. The lowest BCUT2D eigenvalue weighted by atomic mass is 10.0. The number of anilines is 1. The van der Waals surface area contributed by atoms with Gasteiger partial charge in [0.1, 0.15) is 17.3 Å². The first-order valence-corrected chi connectivity index (χ1v) is 9.20. The average Bonchev–Trinajstić information content (AvgIpc) is 3.09. The lowest BCUT2D eigenvalue weighted by molar-refractivity contribution is -0.115. The van der Waals surface area contributed by atoms with E-state index in [1.807, 2.05) is 10.7 Å². The van der Waals surface area contributed by atoms with Crippen molar-refractivity contribution in [2.45, 2.75) is 32.7 Å². The van der Waals surface area contributed by atoms with Crippen LogP contribution in [0.4, 0.5) is 10.2 Å². The molecule has 8 heteroatoms. The van der Waals surface area contributed by atoms with Crippen molar-refractivity contribution >= 4 is 11.7 Å². The SMILES string of the molecule is CCC(=O)Nc1cc(-c2c(-c3ccc(F)cn3)nn3c2OCCC3C)ccn1. The molecule has 0 aromatic carbocycles. The van der Waals surface area contributed by atoms with Gasteiger partial charge in [0.15, 0.2) is 0 Å². The molecule has 0 radical (unpaired) electrons. The van der Waals surface area contributed by atoms with Crippen LogP contribution in [0.2, 0.25) is 0 Å². The van der Waals surface area contributed by atoms with Crippen molar-refractivity contribution in [3.63, 3.8) is 0 Å². The largest absolute Gasteiger partial charge is 0.477 e. The van der Waals surface area contributed by atoms with E-state index in [0.29, 0.717) is 36.1 Å². The van der Waals surface area contributed by atoms with Crippen LogP contribution in [0.15, 0.2) is 36.7 Å². The van der Waals surface area contributed by atoms with Crippen LogP contribution in [0, 0.1) is 5.82 Å². The van der Waals surface area contributed by atoms with Crippen LogP contribution in [-0.2, 0) is 4.79 Å². The maximum absolute atomic E-state index is 13.4. The van der Waals surface area contributed by atoms with Crippen LogP contribution in [-0.4, -0.2) is 32.3 Å². The zero-order chi connectivity index (χ0) is 19.7. The molecule has 1 aliphatic heterocycles. The standard InChI is InChI=1S/C20H20FN5O2/c1-3-17(27)24-16-10-13(6-8-22-16)18-19(15-5-4-14(21)11-23-15)25-26-12(2)7-9-28-20(18)26/h4-6,8,10-12H,3,7,9H2,1-2H3,(H,22,24,27). The van der Waals surface area contributed by atoms with Crippen molar-refractivity contribution in [1.82, 2.24) is 19.7 Å². The third kappa shape index (κ3) is 3.33. The number of pyridine rings is 2. The summed E-state index contributed by atoms with van der Waals surface area (Å²) in [5, 5.41) is 7.48. The predicted molar refractivity (Wildman–Crippen MR) is 102 cm³/mol. The Morgan fingerprint density at radius 1 is 1.36 bits per heavy atom. The molecule has 1 aliphatic rings. The van der Waals surface area contributed by atoms with E-state index >= 15 is 0 Å². The summed E-state index contributed by atoms with van der Waals surface area (Å²) < 4.78 is 21.1. The zero-order valence-electron chi connectivity index (χ0n) is 15.6. The molecule has 0 aliphatic carbocycles. The van der Waals surface area contributed by atoms with Crippen molar-refractivity contribution in [3.05, 3.63) is 42.5 Å². The number of ether oxygens (including phenoxy) is 1. The second-order valence-electron chi connectivity index (χ2n) is 6.65. The molecule has 1 N–H and O–H groups in total. The van der Waals surface area contributed by atoms with Crippen LogP contribution >= 0.6 is 0 Å². The monoisotopic (exact) mass is 381 g/mol. The van der Waals surface area contributed by atoms with Gasteiger partial charge >= 0.3 is 0 Å². The van der Waals surface area contributed by atoms with Gasteiger partial charge in [-0.05, 0) is 36.8 Å². The van der Waals surface area contributed by atoms with Gasteiger partial charge in [0.05, 0.1) is 30.1 Å². The third-order valence-corrected chi connectivity index (χ3v) is 4.67. The fraction of sp³-hybridized carbons (Fsp3) is 0.300. The van der Waals surface area contributed by atoms with Crippen LogP contribution < -0.4 is 10.1 Å². The molecule has 4 rings (SSSR count). The fourth-order valence-electron chi connectivity index (χ4n) is 3.15. The topological polar surface area (TPSA) is 81.9 Å². The molecule has 1 unspecified atom stereocenters. The van der Waals surface area contributed by atoms with Gasteiger partial charge in [0, 0.05) is 19.0 Å². The Morgan fingerprint density at radius 2 is 2.21 bits per heavy atom. The third-order valence-electron chi connectivity index (χ3n) is 4.67. The molecule has 28 heavy (non-hydrogen) atoms. The zero-order valence-corrected chi connectivity index (χ0v) is 15.6. The Balaban J connectivity index is 1.87. The van der Waals surface area contributed by atoms with E-state index in [1.165, 1.54) is 12.3 Å². The van der Waals surface area contributed by atoms with Crippen molar-refractivity contribution in [2.24, 2.45) is 0 Å². The van der Waals surface area contributed by atoms with E-state index in [4.69, 9.17) is 9.84 Å². The average molecular weight is 381 g/mol. The lowest BCUT2D eigenvalue weighted by Gasteiger charge is -2.22. The molecule has 3 aromatic heterocycles. The van der Waals surface area contributed by atoms with E-state index in [2.05, 4.69) is 22.2 Å². The van der Waals surface area contributed by atoms with Crippen molar-refractivity contribution in [3.8, 4) is 28.4 Å². The molecular weight excluding hydrogens is 361 g/mol. The normalized spacial score (nSPS) is 15.6. The molecule has 0 bridgehead atoms. The molecule has 0 spiro atoms. The summed E-state index contributed by atoms with van der Waals surface area (Å²) in [7, 11) is 0. The molecule has 3 aromatic rings. The number of nitrogens with one attached hydrogen (secondary N) is 1.